The molecule has 0 radical (unpaired) electrons. The normalized spacial score (nSPS) is 17.6. The minimum absolute atomic E-state index is 0.0551. The van der Waals surface area contributed by atoms with Crippen LogP contribution in [0, 0.1) is 0 Å². The summed E-state index contributed by atoms with van der Waals surface area (Å²) in [5, 5.41) is 12.1. The lowest BCUT2D eigenvalue weighted by Gasteiger charge is -2.21. The highest BCUT2D eigenvalue weighted by atomic mass is 16.5. The van der Waals surface area contributed by atoms with Crippen LogP contribution in [0.15, 0.2) is 48.9 Å². The van der Waals surface area contributed by atoms with Crippen LogP contribution in [0.2, 0.25) is 0 Å². The van der Waals surface area contributed by atoms with Crippen LogP contribution in [0.25, 0.3) is 11.3 Å². The summed E-state index contributed by atoms with van der Waals surface area (Å²) < 4.78 is 5.72. The Morgan fingerprint density at radius 3 is 2.88 bits per heavy atom. The van der Waals surface area contributed by atoms with Crippen LogP contribution in [-0.2, 0) is 4.74 Å². The monoisotopic (exact) mass is 322 g/mol. The van der Waals surface area contributed by atoms with Crippen LogP contribution in [0.1, 0.15) is 25.5 Å². The molecule has 3 aromatic heterocycles. The number of nitrogens with zero attached hydrogens (tertiary/aromatic N) is 5. The molecule has 1 saturated heterocycles. The summed E-state index contributed by atoms with van der Waals surface area (Å²) in [6.45, 7) is 0.773. The van der Waals surface area contributed by atoms with Crippen LogP contribution in [0.5, 0.6) is 0 Å². The zero-order valence-corrected chi connectivity index (χ0v) is 13.2. The molecular formula is C17H18N6O. The number of hydrogen-bond acceptors (Lipinski definition) is 6. The molecule has 1 N–H and O–H groups in total. The van der Waals surface area contributed by atoms with Gasteiger partial charge >= 0.3 is 0 Å². The molecule has 1 atom stereocenters. The van der Waals surface area contributed by atoms with Crippen LogP contribution in [-0.4, -0.2) is 31.6 Å². The maximum atomic E-state index is 5.72. The number of hydrogen-bond donors (Lipinski definition) is 1. The average Bonchev–Trinajstić information content (AvgIpc) is 3.14. The number of rotatable bonds is 4. The van der Waals surface area contributed by atoms with Gasteiger partial charge in [-0.05, 0) is 43.5 Å². The predicted molar refractivity (Wildman–Crippen MR) is 89.6 cm³/mol. The van der Waals surface area contributed by atoms with Gasteiger partial charge in [-0.3, -0.25) is 0 Å². The molecule has 0 spiro atoms. The molecule has 24 heavy (non-hydrogen) atoms. The van der Waals surface area contributed by atoms with Crippen molar-refractivity contribution in [3.63, 3.8) is 0 Å². The summed E-state index contributed by atoms with van der Waals surface area (Å²) in [7, 11) is 0. The van der Waals surface area contributed by atoms with Gasteiger partial charge in [0.1, 0.15) is 17.3 Å². The van der Waals surface area contributed by atoms with Gasteiger partial charge in [0.2, 0.25) is 0 Å². The van der Waals surface area contributed by atoms with E-state index in [1.807, 2.05) is 30.3 Å². The maximum absolute atomic E-state index is 5.72. The second-order valence-corrected chi connectivity index (χ2v) is 5.64. The molecule has 3 aromatic rings. The van der Waals surface area contributed by atoms with Gasteiger partial charge in [-0.1, -0.05) is 6.07 Å². The number of aromatic nitrogens is 5. The lowest BCUT2D eigenvalue weighted by atomic mass is 10.2. The highest BCUT2D eigenvalue weighted by molar-refractivity contribution is 5.64. The molecule has 4 heterocycles. The second-order valence-electron chi connectivity index (χ2n) is 5.64. The third kappa shape index (κ3) is 3.26. The fraction of sp³-hybridized carbons (Fsp3) is 0.294. The van der Waals surface area contributed by atoms with Crippen molar-refractivity contribution in [2.24, 2.45) is 0 Å². The van der Waals surface area contributed by atoms with E-state index in [-0.39, 0.29) is 6.23 Å². The lowest BCUT2D eigenvalue weighted by molar-refractivity contribution is -0.0479. The lowest BCUT2D eigenvalue weighted by Crippen LogP contribution is -2.20. The summed E-state index contributed by atoms with van der Waals surface area (Å²) in [6.07, 6.45) is 8.40. The molecule has 1 aliphatic rings. The topological polar surface area (TPSA) is 77.8 Å². The quantitative estimate of drug-likeness (QED) is 0.795. The van der Waals surface area contributed by atoms with E-state index in [0.717, 1.165) is 48.8 Å². The fourth-order valence-electron chi connectivity index (χ4n) is 2.68. The Morgan fingerprint density at radius 1 is 1.08 bits per heavy atom. The van der Waals surface area contributed by atoms with Gasteiger partial charge in [0.25, 0.3) is 0 Å². The number of pyridine rings is 2. The van der Waals surface area contributed by atoms with E-state index in [4.69, 9.17) is 4.74 Å². The smallest absolute Gasteiger partial charge is 0.169 e. The van der Waals surface area contributed by atoms with Crippen molar-refractivity contribution in [3.05, 3.63) is 48.9 Å². The average molecular weight is 322 g/mol. The molecule has 0 aliphatic carbocycles. The molecule has 122 valence electrons. The molecule has 1 unspecified atom stereocenters. The number of anilines is 2. The van der Waals surface area contributed by atoms with Crippen molar-refractivity contribution in [2.75, 3.05) is 11.9 Å². The third-order valence-corrected chi connectivity index (χ3v) is 3.90. The van der Waals surface area contributed by atoms with E-state index >= 15 is 0 Å². The van der Waals surface area contributed by atoms with Gasteiger partial charge in [-0.25, -0.2) is 9.97 Å². The highest BCUT2D eigenvalue weighted by Gasteiger charge is 2.18. The summed E-state index contributed by atoms with van der Waals surface area (Å²) in [5.74, 6) is 1.47. The van der Waals surface area contributed by atoms with Crippen molar-refractivity contribution in [3.8, 4) is 11.3 Å². The largest absolute Gasteiger partial charge is 0.355 e. The molecule has 1 fully saturated rings. The molecule has 4 rings (SSSR count). The van der Waals surface area contributed by atoms with Gasteiger partial charge in [-0.2, -0.15) is 15.0 Å². The molecule has 1 aliphatic heterocycles. The Morgan fingerprint density at radius 2 is 2.04 bits per heavy atom. The van der Waals surface area contributed by atoms with Gasteiger partial charge in [0.05, 0.1) is 6.20 Å². The number of nitrogens with one attached hydrogen (secondary N) is 1. The van der Waals surface area contributed by atoms with Gasteiger partial charge in [0.15, 0.2) is 6.23 Å². The molecule has 0 bridgehead atoms. The van der Waals surface area contributed by atoms with Crippen LogP contribution in [0.3, 0.4) is 0 Å². The van der Waals surface area contributed by atoms with Gasteiger partial charge < -0.3 is 10.1 Å². The van der Waals surface area contributed by atoms with Crippen molar-refractivity contribution in [1.82, 2.24) is 25.0 Å². The van der Waals surface area contributed by atoms with Gasteiger partial charge in [0, 0.05) is 24.6 Å². The van der Waals surface area contributed by atoms with Crippen LogP contribution in [0.4, 0.5) is 11.6 Å². The Balaban J connectivity index is 1.54. The van der Waals surface area contributed by atoms with Crippen LogP contribution >= 0.6 is 0 Å². The van der Waals surface area contributed by atoms with E-state index < -0.39 is 0 Å². The Kier molecular flexibility index (Phi) is 4.16. The minimum Gasteiger partial charge on any atom is -0.355 e. The van der Waals surface area contributed by atoms with Crippen molar-refractivity contribution in [2.45, 2.75) is 25.5 Å². The Labute approximate surface area is 139 Å². The molecule has 7 nitrogen and oxygen atoms in total. The Hall–Kier alpha value is -2.80. The van der Waals surface area contributed by atoms with Crippen molar-refractivity contribution >= 4 is 11.6 Å². The highest BCUT2D eigenvalue weighted by Crippen LogP contribution is 2.24. The first-order chi connectivity index (χ1) is 11.9. The zero-order valence-electron chi connectivity index (χ0n) is 13.2. The van der Waals surface area contributed by atoms with E-state index in [9.17, 15) is 0 Å². The second kappa shape index (κ2) is 6.76. The first-order valence-electron chi connectivity index (χ1n) is 8.06. The molecular weight excluding hydrogens is 304 g/mol. The van der Waals surface area contributed by atoms with Crippen molar-refractivity contribution in [1.29, 1.82) is 0 Å². The summed E-state index contributed by atoms with van der Waals surface area (Å²) in [6, 6.07) is 9.55. The molecule has 7 heteroatoms. The summed E-state index contributed by atoms with van der Waals surface area (Å²) in [5.41, 5.74) is 1.75. The predicted octanol–water partition coefficient (Wildman–Crippen LogP) is 3.18. The first kappa shape index (κ1) is 14.8. The van der Waals surface area contributed by atoms with E-state index in [2.05, 4.69) is 25.5 Å². The van der Waals surface area contributed by atoms with Crippen LogP contribution < -0.4 is 5.32 Å². The maximum Gasteiger partial charge on any atom is 0.169 e. The first-order valence-corrected chi connectivity index (χ1v) is 8.06. The SMILES string of the molecule is c1ccc(Nc2cc(-c3cnn(C4CCCCO4)n3)ccn2)nc1. The Bertz CT molecular complexity index is 798. The summed E-state index contributed by atoms with van der Waals surface area (Å²) in [4.78, 5) is 10.2. The van der Waals surface area contributed by atoms with E-state index in [1.54, 1.807) is 23.4 Å². The molecule has 0 saturated carbocycles. The standard InChI is InChI=1S/C17H18N6O/c1-3-8-18-15(5-1)21-16-11-13(7-9-19-16)14-12-20-23(22-14)17-6-2-4-10-24-17/h1,3,5,7-9,11-12,17H,2,4,6,10H2,(H,18,19,21). The third-order valence-electron chi connectivity index (χ3n) is 3.90. The molecule has 0 amide bonds. The number of ether oxygens (including phenoxy) is 1. The summed E-state index contributed by atoms with van der Waals surface area (Å²) >= 11 is 0. The minimum atomic E-state index is -0.0551. The van der Waals surface area contributed by atoms with E-state index in [1.165, 1.54) is 0 Å². The van der Waals surface area contributed by atoms with Gasteiger partial charge in [-0.15, -0.1) is 0 Å². The molecule has 0 aromatic carbocycles. The van der Waals surface area contributed by atoms with E-state index in [0.29, 0.717) is 0 Å². The van der Waals surface area contributed by atoms with Crippen molar-refractivity contribution < 1.29 is 4.74 Å². The zero-order chi connectivity index (χ0) is 16.2. The fourth-order valence-corrected chi connectivity index (χ4v) is 2.68.